The lowest BCUT2D eigenvalue weighted by Gasteiger charge is -2.28. The summed E-state index contributed by atoms with van der Waals surface area (Å²) in [7, 11) is 0. The quantitative estimate of drug-likeness (QED) is 0.517. The van der Waals surface area contributed by atoms with Crippen molar-refractivity contribution in [3.63, 3.8) is 0 Å². The van der Waals surface area contributed by atoms with Crippen LogP contribution in [0.4, 0.5) is 4.79 Å². The molecule has 154 valence electrons. The molecular weight excluding hydrogens is 378 g/mol. The van der Waals surface area contributed by atoms with E-state index >= 15 is 0 Å². The fourth-order valence-electron chi connectivity index (χ4n) is 3.64. The van der Waals surface area contributed by atoms with E-state index in [0.29, 0.717) is 18.7 Å². The van der Waals surface area contributed by atoms with Gasteiger partial charge in [-0.2, -0.15) is 0 Å². The number of imide groups is 1. The molecule has 1 aliphatic rings. The van der Waals surface area contributed by atoms with Crippen LogP contribution in [0, 0.1) is 0 Å². The smallest absolute Gasteiger partial charge is 0.325 e. The lowest BCUT2D eigenvalue weighted by atomic mass is 9.83. The first-order valence-corrected chi connectivity index (χ1v) is 9.75. The maximum atomic E-state index is 13.5. The van der Waals surface area contributed by atoms with Crippen LogP contribution in [-0.4, -0.2) is 47.3 Å². The summed E-state index contributed by atoms with van der Waals surface area (Å²) in [6.07, 6.45) is 3.48. The Labute approximate surface area is 176 Å². The van der Waals surface area contributed by atoms with E-state index in [2.05, 4.69) is 18.5 Å². The third-order valence-electron chi connectivity index (χ3n) is 5.10. The summed E-state index contributed by atoms with van der Waals surface area (Å²) in [6.45, 7) is 7.58. The third-order valence-corrected chi connectivity index (χ3v) is 5.10. The number of carbonyl (C=O) groups excluding carboxylic acids is 3. The lowest BCUT2D eigenvalue weighted by molar-refractivity contribution is -0.138. The molecule has 6 heteroatoms. The van der Waals surface area contributed by atoms with Crippen LogP contribution < -0.4 is 5.32 Å². The largest absolute Gasteiger partial charge is 0.334 e. The topological polar surface area (TPSA) is 69.7 Å². The van der Waals surface area contributed by atoms with Gasteiger partial charge in [0.2, 0.25) is 5.91 Å². The third kappa shape index (κ3) is 4.17. The summed E-state index contributed by atoms with van der Waals surface area (Å²) in [5.41, 5.74) is 0.320. The van der Waals surface area contributed by atoms with Crippen LogP contribution in [0.1, 0.15) is 11.1 Å². The van der Waals surface area contributed by atoms with Crippen molar-refractivity contribution < 1.29 is 14.4 Å². The van der Waals surface area contributed by atoms with Gasteiger partial charge in [0.1, 0.15) is 6.54 Å². The Morgan fingerprint density at radius 1 is 0.967 bits per heavy atom. The van der Waals surface area contributed by atoms with E-state index in [1.165, 1.54) is 4.90 Å². The zero-order valence-electron chi connectivity index (χ0n) is 16.8. The Hall–Kier alpha value is -3.67. The van der Waals surface area contributed by atoms with Crippen molar-refractivity contribution in [1.82, 2.24) is 15.1 Å². The highest BCUT2D eigenvalue weighted by Crippen LogP contribution is 2.33. The molecular formula is C24H25N3O3. The highest BCUT2D eigenvalue weighted by molar-refractivity contribution is 6.09. The highest BCUT2D eigenvalue weighted by atomic mass is 16.2. The van der Waals surface area contributed by atoms with Crippen LogP contribution in [0.3, 0.4) is 0 Å². The molecule has 2 aromatic rings. The van der Waals surface area contributed by atoms with Crippen molar-refractivity contribution in [1.29, 1.82) is 0 Å². The normalized spacial score (nSPS) is 18.1. The number of benzene rings is 2. The SMILES string of the molecule is C=CCN(CC=C)C(=O)CN1C(=O)N[C@@](Cc2ccccc2)(c2ccccc2)C1=O. The van der Waals surface area contributed by atoms with Crippen LogP contribution in [0.25, 0.3) is 0 Å². The van der Waals surface area contributed by atoms with Gasteiger partial charge in [-0.1, -0.05) is 72.8 Å². The van der Waals surface area contributed by atoms with Crippen molar-refractivity contribution in [2.75, 3.05) is 19.6 Å². The molecule has 0 unspecified atom stereocenters. The number of nitrogens with zero attached hydrogens (tertiary/aromatic N) is 2. The van der Waals surface area contributed by atoms with Gasteiger partial charge in [-0.05, 0) is 11.1 Å². The highest BCUT2D eigenvalue weighted by Gasteiger charge is 2.52. The summed E-state index contributed by atoms with van der Waals surface area (Å²) in [6, 6.07) is 18.0. The minimum absolute atomic E-state index is 0.288. The first-order chi connectivity index (χ1) is 14.5. The van der Waals surface area contributed by atoms with Crippen molar-refractivity contribution in [2.24, 2.45) is 0 Å². The fraction of sp³-hybridized carbons (Fsp3) is 0.208. The average molecular weight is 403 g/mol. The number of rotatable bonds is 9. The molecule has 0 aromatic heterocycles. The van der Waals surface area contributed by atoms with Crippen LogP contribution in [0.5, 0.6) is 0 Å². The zero-order chi connectivity index (χ0) is 21.6. The second kappa shape index (κ2) is 9.22. The molecule has 6 nitrogen and oxygen atoms in total. The minimum atomic E-state index is -1.26. The van der Waals surface area contributed by atoms with Crippen LogP contribution in [0.15, 0.2) is 86.0 Å². The molecule has 2 aromatic carbocycles. The molecule has 1 N–H and O–H groups in total. The molecule has 0 aliphatic carbocycles. The Kier molecular flexibility index (Phi) is 6.47. The molecule has 1 heterocycles. The Morgan fingerprint density at radius 3 is 2.10 bits per heavy atom. The second-order valence-corrected chi connectivity index (χ2v) is 7.13. The van der Waals surface area contributed by atoms with E-state index in [9.17, 15) is 14.4 Å². The monoisotopic (exact) mass is 403 g/mol. The summed E-state index contributed by atoms with van der Waals surface area (Å²) in [5, 5.41) is 2.87. The van der Waals surface area contributed by atoms with Gasteiger partial charge in [-0.15, -0.1) is 13.2 Å². The van der Waals surface area contributed by atoms with E-state index in [-0.39, 0.29) is 18.9 Å². The van der Waals surface area contributed by atoms with Crippen LogP contribution >= 0.6 is 0 Å². The first-order valence-electron chi connectivity index (χ1n) is 9.75. The molecule has 0 bridgehead atoms. The van der Waals surface area contributed by atoms with Gasteiger partial charge in [0.15, 0.2) is 5.54 Å². The molecule has 1 saturated heterocycles. The standard InChI is InChI=1S/C24H25N3O3/c1-3-15-26(16-4-2)21(28)18-27-22(29)24(25-23(27)30,20-13-9-6-10-14-20)17-19-11-7-5-8-12-19/h3-14H,1-2,15-18H2,(H,25,30)/t24-/m0/s1. The minimum Gasteiger partial charge on any atom is -0.334 e. The second-order valence-electron chi connectivity index (χ2n) is 7.13. The van der Waals surface area contributed by atoms with Crippen molar-refractivity contribution in [3.8, 4) is 0 Å². The Morgan fingerprint density at radius 2 is 1.53 bits per heavy atom. The van der Waals surface area contributed by atoms with E-state index in [0.717, 1.165) is 10.5 Å². The Bertz CT molecular complexity index is 933. The molecule has 4 amide bonds. The number of hydrogen-bond acceptors (Lipinski definition) is 3. The van der Waals surface area contributed by atoms with Crippen molar-refractivity contribution in [3.05, 3.63) is 97.1 Å². The van der Waals surface area contributed by atoms with Gasteiger partial charge in [0, 0.05) is 19.5 Å². The van der Waals surface area contributed by atoms with Crippen molar-refractivity contribution in [2.45, 2.75) is 12.0 Å². The fourth-order valence-corrected chi connectivity index (χ4v) is 3.64. The van der Waals surface area contributed by atoms with E-state index in [4.69, 9.17) is 0 Å². The molecule has 3 rings (SSSR count). The predicted octanol–water partition coefficient (Wildman–Crippen LogP) is 2.88. The van der Waals surface area contributed by atoms with E-state index in [1.807, 2.05) is 60.7 Å². The molecule has 30 heavy (non-hydrogen) atoms. The van der Waals surface area contributed by atoms with E-state index < -0.39 is 17.5 Å². The summed E-state index contributed by atoms with van der Waals surface area (Å²) < 4.78 is 0. The maximum absolute atomic E-state index is 13.5. The molecule has 1 atom stereocenters. The molecule has 1 aliphatic heterocycles. The Balaban J connectivity index is 1.93. The van der Waals surface area contributed by atoms with Gasteiger partial charge < -0.3 is 10.2 Å². The van der Waals surface area contributed by atoms with Crippen LogP contribution in [0.2, 0.25) is 0 Å². The average Bonchev–Trinajstić information content (AvgIpc) is 3.00. The van der Waals surface area contributed by atoms with Crippen LogP contribution in [-0.2, 0) is 21.5 Å². The van der Waals surface area contributed by atoms with E-state index in [1.54, 1.807) is 12.2 Å². The number of amides is 4. The molecule has 0 spiro atoms. The van der Waals surface area contributed by atoms with Gasteiger partial charge in [0.05, 0.1) is 0 Å². The number of carbonyl (C=O) groups is 3. The first kappa shape index (κ1) is 21.0. The summed E-state index contributed by atoms with van der Waals surface area (Å²) in [5.74, 6) is -0.782. The maximum Gasteiger partial charge on any atom is 0.325 e. The van der Waals surface area contributed by atoms with Gasteiger partial charge >= 0.3 is 6.03 Å². The van der Waals surface area contributed by atoms with Gasteiger partial charge in [-0.3, -0.25) is 14.5 Å². The van der Waals surface area contributed by atoms with Gasteiger partial charge in [-0.25, -0.2) is 4.79 Å². The number of hydrogen-bond donors (Lipinski definition) is 1. The molecule has 0 saturated carbocycles. The predicted molar refractivity (Wildman–Crippen MR) is 115 cm³/mol. The summed E-state index contributed by atoms with van der Waals surface area (Å²) in [4.78, 5) is 41.6. The van der Waals surface area contributed by atoms with Crippen molar-refractivity contribution >= 4 is 17.8 Å². The van der Waals surface area contributed by atoms with Gasteiger partial charge in [0.25, 0.3) is 5.91 Å². The lowest BCUT2D eigenvalue weighted by Crippen LogP contribution is -2.47. The number of nitrogens with one attached hydrogen (secondary N) is 1. The summed E-state index contributed by atoms with van der Waals surface area (Å²) >= 11 is 0. The number of urea groups is 1. The zero-order valence-corrected chi connectivity index (χ0v) is 16.8. The molecule has 0 radical (unpaired) electrons. The molecule has 1 fully saturated rings.